The van der Waals surface area contributed by atoms with Crippen molar-refractivity contribution in [1.29, 1.82) is 0 Å². The summed E-state index contributed by atoms with van der Waals surface area (Å²) in [6.45, 7) is 6.69. The fraction of sp³-hybridized carbons (Fsp3) is 0.421. The predicted molar refractivity (Wildman–Crippen MR) is 100 cm³/mol. The highest BCUT2D eigenvalue weighted by atomic mass is 16.5. The Labute approximate surface area is 152 Å². The van der Waals surface area contributed by atoms with Gasteiger partial charge in [-0.3, -0.25) is 5.10 Å². The van der Waals surface area contributed by atoms with Crippen molar-refractivity contribution in [3.8, 4) is 17.1 Å². The minimum absolute atomic E-state index is 0.108. The molecule has 1 aromatic carbocycles. The summed E-state index contributed by atoms with van der Waals surface area (Å²) in [4.78, 5) is 10.9. The first-order chi connectivity index (χ1) is 12.5. The molecule has 7 nitrogen and oxygen atoms in total. The maximum atomic E-state index is 9.91. The van der Waals surface area contributed by atoms with Crippen LogP contribution in [-0.2, 0) is 0 Å². The topological polar surface area (TPSA) is 87.2 Å². The van der Waals surface area contributed by atoms with E-state index in [-0.39, 0.29) is 18.2 Å². The van der Waals surface area contributed by atoms with Crippen LogP contribution in [0.15, 0.2) is 30.6 Å². The first-order valence-corrected chi connectivity index (χ1v) is 8.93. The first-order valence-electron chi connectivity index (χ1n) is 8.93. The van der Waals surface area contributed by atoms with Crippen molar-refractivity contribution in [3.05, 3.63) is 30.6 Å². The average molecular weight is 353 g/mol. The van der Waals surface area contributed by atoms with Crippen LogP contribution in [0.25, 0.3) is 22.3 Å². The highest BCUT2D eigenvalue weighted by Gasteiger charge is 2.28. The second-order valence-electron chi connectivity index (χ2n) is 7.10. The van der Waals surface area contributed by atoms with Crippen LogP contribution < -0.4 is 9.64 Å². The van der Waals surface area contributed by atoms with Gasteiger partial charge in [-0.2, -0.15) is 5.10 Å². The van der Waals surface area contributed by atoms with Crippen molar-refractivity contribution >= 4 is 16.7 Å². The zero-order chi connectivity index (χ0) is 18.3. The van der Waals surface area contributed by atoms with Crippen molar-refractivity contribution in [3.63, 3.8) is 0 Å². The molecule has 0 amide bonds. The number of nitrogens with one attached hydrogen (secondary N) is 1. The number of hydrogen-bond acceptors (Lipinski definition) is 6. The summed E-state index contributed by atoms with van der Waals surface area (Å²) in [6, 6.07) is 8.06. The van der Waals surface area contributed by atoms with Crippen LogP contribution >= 0.6 is 0 Å². The van der Waals surface area contributed by atoms with E-state index in [1.54, 1.807) is 6.33 Å². The van der Waals surface area contributed by atoms with Gasteiger partial charge in [0.05, 0.1) is 23.4 Å². The minimum Gasteiger partial charge on any atom is -0.491 e. The van der Waals surface area contributed by atoms with Crippen molar-refractivity contribution in [2.75, 3.05) is 11.4 Å². The summed E-state index contributed by atoms with van der Waals surface area (Å²) < 4.78 is 5.80. The summed E-state index contributed by atoms with van der Waals surface area (Å²) in [5, 5.41) is 18.4. The summed E-state index contributed by atoms with van der Waals surface area (Å²) >= 11 is 0. The van der Waals surface area contributed by atoms with E-state index in [1.807, 2.05) is 38.1 Å². The molecule has 0 bridgehead atoms. The van der Waals surface area contributed by atoms with Gasteiger partial charge in [0.1, 0.15) is 23.6 Å². The third-order valence-corrected chi connectivity index (χ3v) is 4.65. The molecule has 2 aromatic heterocycles. The highest BCUT2D eigenvalue weighted by Crippen LogP contribution is 2.31. The molecule has 2 N–H and O–H groups in total. The molecule has 1 saturated heterocycles. The fourth-order valence-corrected chi connectivity index (χ4v) is 3.49. The molecule has 3 heterocycles. The molecule has 7 heteroatoms. The third-order valence-electron chi connectivity index (χ3n) is 4.65. The minimum atomic E-state index is -0.314. The smallest absolute Gasteiger partial charge is 0.132 e. The van der Waals surface area contributed by atoms with Gasteiger partial charge in [0.25, 0.3) is 0 Å². The van der Waals surface area contributed by atoms with E-state index in [2.05, 4.69) is 32.0 Å². The number of H-pyrrole nitrogens is 1. The van der Waals surface area contributed by atoms with Gasteiger partial charge < -0.3 is 14.7 Å². The van der Waals surface area contributed by atoms with Crippen molar-refractivity contribution in [2.45, 2.75) is 45.4 Å². The van der Waals surface area contributed by atoms with Crippen LogP contribution in [0.3, 0.4) is 0 Å². The molecule has 26 heavy (non-hydrogen) atoms. The van der Waals surface area contributed by atoms with Gasteiger partial charge in [-0.15, -0.1) is 0 Å². The Bertz CT molecular complexity index is 923. The predicted octanol–water partition coefficient (Wildman–Crippen LogP) is 2.77. The molecular formula is C19H23N5O2. The lowest BCUT2D eigenvalue weighted by atomic mass is 10.1. The molecule has 3 aromatic rings. The Balaban J connectivity index is 1.72. The quantitative estimate of drug-likeness (QED) is 0.750. The number of ether oxygens (including phenoxy) is 1. The second kappa shape index (κ2) is 6.57. The fourth-order valence-electron chi connectivity index (χ4n) is 3.49. The zero-order valence-corrected chi connectivity index (χ0v) is 15.2. The largest absolute Gasteiger partial charge is 0.491 e. The Hall–Kier alpha value is -2.67. The molecule has 0 spiro atoms. The lowest BCUT2D eigenvalue weighted by Crippen LogP contribution is -2.28. The molecule has 2 unspecified atom stereocenters. The van der Waals surface area contributed by atoms with Crippen molar-refractivity contribution < 1.29 is 9.84 Å². The maximum absolute atomic E-state index is 9.91. The van der Waals surface area contributed by atoms with Crippen LogP contribution in [0.2, 0.25) is 0 Å². The Kier molecular flexibility index (Phi) is 4.24. The first kappa shape index (κ1) is 16.8. The van der Waals surface area contributed by atoms with Crippen LogP contribution in [0.5, 0.6) is 5.75 Å². The number of rotatable bonds is 4. The lowest BCUT2D eigenvalue weighted by Gasteiger charge is -2.22. The molecule has 0 saturated carbocycles. The zero-order valence-electron chi connectivity index (χ0n) is 15.2. The summed E-state index contributed by atoms with van der Waals surface area (Å²) in [5.74, 6) is 1.62. The summed E-state index contributed by atoms with van der Waals surface area (Å²) in [5.41, 5.74) is 2.45. The standard InChI is InChI=1S/C19H23N5O2/c1-11(2)26-14-4-5-16-15(7-14)19(23-22-16)17-8-18(21-10-20-17)24-9-13(25)6-12(24)3/h4-5,7-8,10-13,25H,6,9H2,1-3H3,(H,22,23). The van der Waals surface area contributed by atoms with E-state index in [1.165, 1.54) is 0 Å². The van der Waals surface area contributed by atoms with E-state index in [9.17, 15) is 5.11 Å². The molecule has 1 aliphatic heterocycles. The molecule has 0 aliphatic carbocycles. The normalized spacial score (nSPS) is 20.3. The Morgan fingerprint density at radius 2 is 2.12 bits per heavy atom. The van der Waals surface area contributed by atoms with Gasteiger partial charge in [0.15, 0.2) is 0 Å². The molecule has 4 rings (SSSR count). The number of fused-ring (bicyclic) bond motifs is 1. The average Bonchev–Trinajstić information content (AvgIpc) is 3.17. The van der Waals surface area contributed by atoms with Crippen molar-refractivity contribution in [2.24, 2.45) is 0 Å². The molecule has 1 aliphatic rings. The number of aliphatic hydroxyl groups is 1. The molecule has 136 valence electrons. The van der Waals surface area contributed by atoms with E-state index in [0.29, 0.717) is 6.54 Å². The SMILES string of the molecule is CC(C)Oc1ccc2[nH]nc(-c3cc(N4CC(O)CC4C)ncn3)c2c1. The van der Waals surface area contributed by atoms with Crippen LogP contribution in [0, 0.1) is 0 Å². The van der Waals surface area contributed by atoms with Crippen molar-refractivity contribution in [1.82, 2.24) is 20.2 Å². The van der Waals surface area contributed by atoms with Gasteiger partial charge in [0.2, 0.25) is 0 Å². The van der Waals surface area contributed by atoms with E-state index in [4.69, 9.17) is 4.74 Å². The number of anilines is 1. The van der Waals surface area contributed by atoms with Crippen LogP contribution in [0.1, 0.15) is 27.2 Å². The molecule has 0 radical (unpaired) electrons. The maximum Gasteiger partial charge on any atom is 0.132 e. The number of aromatic amines is 1. The van der Waals surface area contributed by atoms with Gasteiger partial charge in [0, 0.05) is 24.0 Å². The van der Waals surface area contributed by atoms with E-state index < -0.39 is 0 Å². The summed E-state index contributed by atoms with van der Waals surface area (Å²) in [7, 11) is 0. The highest BCUT2D eigenvalue weighted by molar-refractivity contribution is 5.93. The second-order valence-corrected chi connectivity index (χ2v) is 7.10. The van der Waals surface area contributed by atoms with E-state index in [0.717, 1.165) is 40.3 Å². The molecule has 2 atom stereocenters. The number of β-amino-alcohol motifs (C(OH)–C–C–N with tert-alkyl or cyclic N) is 1. The van der Waals surface area contributed by atoms with Gasteiger partial charge in [-0.1, -0.05) is 0 Å². The monoisotopic (exact) mass is 353 g/mol. The number of benzene rings is 1. The Morgan fingerprint density at radius 1 is 1.27 bits per heavy atom. The number of nitrogens with zero attached hydrogens (tertiary/aromatic N) is 4. The third kappa shape index (κ3) is 3.10. The number of aromatic nitrogens is 4. The summed E-state index contributed by atoms with van der Waals surface area (Å²) in [6.07, 6.45) is 2.10. The van der Waals surface area contributed by atoms with E-state index >= 15 is 0 Å². The van der Waals surface area contributed by atoms with Gasteiger partial charge >= 0.3 is 0 Å². The Morgan fingerprint density at radius 3 is 2.85 bits per heavy atom. The molecule has 1 fully saturated rings. The van der Waals surface area contributed by atoms with Crippen LogP contribution in [-0.4, -0.2) is 50.1 Å². The number of aliphatic hydroxyl groups excluding tert-OH is 1. The van der Waals surface area contributed by atoms with Gasteiger partial charge in [-0.25, -0.2) is 9.97 Å². The van der Waals surface area contributed by atoms with Gasteiger partial charge in [-0.05, 0) is 45.4 Å². The molecular weight excluding hydrogens is 330 g/mol. The number of hydrogen-bond donors (Lipinski definition) is 2. The lowest BCUT2D eigenvalue weighted by molar-refractivity contribution is 0.195. The van der Waals surface area contributed by atoms with Crippen LogP contribution in [0.4, 0.5) is 5.82 Å².